The first-order valence-corrected chi connectivity index (χ1v) is 9.38. The number of aromatic nitrogens is 7. The van der Waals surface area contributed by atoms with E-state index in [-0.39, 0.29) is 6.04 Å². The fourth-order valence-electron chi connectivity index (χ4n) is 3.54. The Morgan fingerprint density at radius 1 is 1.14 bits per heavy atom. The van der Waals surface area contributed by atoms with Gasteiger partial charge in [-0.05, 0) is 39.0 Å². The van der Waals surface area contributed by atoms with E-state index in [4.69, 9.17) is 9.72 Å². The average Bonchev–Trinajstić information content (AvgIpc) is 3.39. The van der Waals surface area contributed by atoms with Crippen LogP contribution in [0.3, 0.4) is 0 Å². The second-order valence-electron chi connectivity index (χ2n) is 7.19. The zero-order valence-corrected chi connectivity index (χ0v) is 16.0. The molecule has 0 amide bonds. The molecular formula is C20H21N7O. The lowest BCUT2D eigenvalue weighted by Crippen LogP contribution is -2.06. The Kier molecular flexibility index (Phi) is 3.78. The molecule has 4 aromatic rings. The minimum atomic E-state index is 0.213. The second kappa shape index (κ2) is 6.33. The molecule has 1 aromatic carbocycles. The highest BCUT2D eigenvalue weighted by molar-refractivity contribution is 5.73. The molecule has 0 radical (unpaired) electrons. The van der Waals surface area contributed by atoms with Crippen molar-refractivity contribution in [2.75, 3.05) is 6.61 Å². The molecule has 8 nitrogen and oxygen atoms in total. The van der Waals surface area contributed by atoms with E-state index in [0.29, 0.717) is 6.61 Å². The summed E-state index contributed by atoms with van der Waals surface area (Å²) in [4.78, 5) is 9.52. The van der Waals surface area contributed by atoms with Crippen LogP contribution >= 0.6 is 0 Å². The van der Waals surface area contributed by atoms with Crippen LogP contribution in [0.2, 0.25) is 0 Å². The van der Waals surface area contributed by atoms with Crippen molar-refractivity contribution in [2.45, 2.75) is 33.4 Å². The molecule has 0 aliphatic carbocycles. The van der Waals surface area contributed by atoms with Gasteiger partial charge in [-0.25, -0.2) is 14.6 Å². The van der Waals surface area contributed by atoms with E-state index in [1.54, 1.807) is 6.20 Å². The van der Waals surface area contributed by atoms with E-state index in [0.717, 1.165) is 52.3 Å². The van der Waals surface area contributed by atoms with Crippen LogP contribution in [-0.4, -0.2) is 41.1 Å². The van der Waals surface area contributed by atoms with Crippen molar-refractivity contribution in [3.8, 4) is 39.9 Å². The van der Waals surface area contributed by atoms with E-state index < -0.39 is 0 Å². The van der Waals surface area contributed by atoms with Gasteiger partial charge in [0.15, 0.2) is 5.82 Å². The molecule has 0 bridgehead atoms. The SMILES string of the molecule is Cc1nc(-c2cn3c(n2)-c2ccc(-c4ccn[nH]4)cc2OCC3)n(C(C)C)n1. The van der Waals surface area contributed by atoms with Crippen LogP contribution in [0.1, 0.15) is 25.7 Å². The second-order valence-corrected chi connectivity index (χ2v) is 7.19. The minimum absolute atomic E-state index is 0.213. The van der Waals surface area contributed by atoms with Crippen molar-refractivity contribution in [1.82, 2.24) is 34.5 Å². The van der Waals surface area contributed by atoms with Crippen molar-refractivity contribution in [3.63, 3.8) is 0 Å². The van der Waals surface area contributed by atoms with Gasteiger partial charge >= 0.3 is 0 Å². The summed E-state index contributed by atoms with van der Waals surface area (Å²) in [6.45, 7) is 7.41. The first-order chi connectivity index (χ1) is 13.6. The number of benzene rings is 1. The van der Waals surface area contributed by atoms with Gasteiger partial charge in [0, 0.05) is 24.0 Å². The van der Waals surface area contributed by atoms with Crippen molar-refractivity contribution in [3.05, 3.63) is 42.5 Å². The number of imidazole rings is 1. The summed E-state index contributed by atoms with van der Waals surface area (Å²) in [7, 11) is 0. The van der Waals surface area contributed by atoms with Gasteiger partial charge in [-0.3, -0.25) is 5.10 Å². The molecule has 28 heavy (non-hydrogen) atoms. The molecule has 5 rings (SSSR count). The molecular weight excluding hydrogens is 354 g/mol. The Morgan fingerprint density at radius 2 is 2.04 bits per heavy atom. The molecule has 3 aromatic heterocycles. The smallest absolute Gasteiger partial charge is 0.178 e. The molecule has 0 saturated heterocycles. The Morgan fingerprint density at radius 3 is 2.82 bits per heavy atom. The number of H-pyrrole nitrogens is 1. The molecule has 1 aliphatic rings. The molecule has 0 fully saturated rings. The number of nitrogens with one attached hydrogen (secondary N) is 1. The van der Waals surface area contributed by atoms with E-state index in [1.807, 2.05) is 29.9 Å². The number of nitrogens with zero attached hydrogens (tertiary/aromatic N) is 6. The van der Waals surface area contributed by atoms with Gasteiger partial charge in [0.1, 0.15) is 29.7 Å². The normalized spacial score (nSPS) is 13.1. The zero-order valence-electron chi connectivity index (χ0n) is 16.0. The largest absolute Gasteiger partial charge is 0.491 e. The highest BCUT2D eigenvalue weighted by atomic mass is 16.5. The highest BCUT2D eigenvalue weighted by Gasteiger charge is 2.22. The summed E-state index contributed by atoms with van der Waals surface area (Å²) in [5.74, 6) is 3.25. The molecule has 142 valence electrons. The summed E-state index contributed by atoms with van der Waals surface area (Å²) < 4.78 is 10.1. The standard InChI is InChI=1S/C20H21N7O/c1-12(2)27-20(22-13(3)25-27)17-11-26-8-9-28-18-10-14(16-6-7-21-24-16)4-5-15(18)19(26)23-17/h4-7,10-12H,8-9H2,1-3H3,(H,21,24). The third-order valence-corrected chi connectivity index (χ3v) is 4.86. The minimum Gasteiger partial charge on any atom is -0.491 e. The molecule has 0 saturated carbocycles. The predicted octanol–water partition coefficient (Wildman–Crippen LogP) is 3.48. The summed E-state index contributed by atoms with van der Waals surface area (Å²) in [6, 6.07) is 8.30. The number of hydrogen-bond donors (Lipinski definition) is 1. The van der Waals surface area contributed by atoms with E-state index in [2.05, 4.69) is 50.8 Å². The summed E-state index contributed by atoms with van der Waals surface area (Å²) in [6.07, 6.45) is 3.78. The van der Waals surface area contributed by atoms with Crippen molar-refractivity contribution in [2.24, 2.45) is 0 Å². The van der Waals surface area contributed by atoms with E-state index in [1.165, 1.54) is 0 Å². The first kappa shape index (κ1) is 16.7. The fourth-order valence-corrected chi connectivity index (χ4v) is 3.54. The van der Waals surface area contributed by atoms with Gasteiger partial charge in [0.2, 0.25) is 0 Å². The first-order valence-electron chi connectivity index (χ1n) is 9.38. The number of fused-ring (bicyclic) bond motifs is 3. The van der Waals surface area contributed by atoms with Crippen LogP contribution in [0.5, 0.6) is 5.75 Å². The third kappa shape index (κ3) is 2.69. The van der Waals surface area contributed by atoms with Crippen LogP contribution < -0.4 is 4.74 Å². The maximum atomic E-state index is 6.01. The fraction of sp³-hybridized carbons (Fsp3) is 0.300. The van der Waals surface area contributed by atoms with Crippen molar-refractivity contribution in [1.29, 1.82) is 0 Å². The van der Waals surface area contributed by atoms with Crippen LogP contribution in [0.15, 0.2) is 36.7 Å². The lowest BCUT2D eigenvalue weighted by Gasteiger charge is -2.09. The molecule has 1 N–H and O–H groups in total. The van der Waals surface area contributed by atoms with E-state index >= 15 is 0 Å². The number of aryl methyl sites for hydroxylation is 1. The molecule has 0 atom stereocenters. The van der Waals surface area contributed by atoms with Gasteiger partial charge in [0.05, 0.1) is 17.8 Å². The summed E-state index contributed by atoms with van der Waals surface area (Å²) >= 11 is 0. The molecule has 0 spiro atoms. The van der Waals surface area contributed by atoms with Gasteiger partial charge in [-0.15, -0.1) is 0 Å². The Balaban J connectivity index is 1.61. The summed E-state index contributed by atoms with van der Waals surface area (Å²) in [5.41, 5.74) is 3.79. The Hall–Kier alpha value is -3.42. The molecule has 4 heterocycles. The van der Waals surface area contributed by atoms with Gasteiger partial charge < -0.3 is 9.30 Å². The van der Waals surface area contributed by atoms with Gasteiger partial charge in [-0.2, -0.15) is 10.2 Å². The van der Waals surface area contributed by atoms with E-state index in [9.17, 15) is 0 Å². The Bertz CT molecular complexity index is 1140. The number of aromatic amines is 1. The number of rotatable bonds is 3. The number of hydrogen-bond acceptors (Lipinski definition) is 5. The van der Waals surface area contributed by atoms with Crippen molar-refractivity contribution >= 4 is 0 Å². The van der Waals surface area contributed by atoms with Gasteiger partial charge in [-0.1, -0.05) is 6.07 Å². The molecule has 1 aliphatic heterocycles. The van der Waals surface area contributed by atoms with Crippen LogP contribution in [0, 0.1) is 6.92 Å². The monoisotopic (exact) mass is 375 g/mol. The summed E-state index contributed by atoms with van der Waals surface area (Å²) in [5, 5.41) is 11.5. The third-order valence-electron chi connectivity index (χ3n) is 4.86. The topological polar surface area (TPSA) is 86.4 Å². The van der Waals surface area contributed by atoms with Crippen LogP contribution in [0.4, 0.5) is 0 Å². The Labute approximate surface area is 162 Å². The average molecular weight is 375 g/mol. The zero-order chi connectivity index (χ0) is 19.3. The highest BCUT2D eigenvalue weighted by Crippen LogP contribution is 2.36. The predicted molar refractivity (Wildman–Crippen MR) is 105 cm³/mol. The lowest BCUT2D eigenvalue weighted by atomic mass is 10.1. The molecule has 8 heteroatoms. The number of ether oxygens (including phenoxy) is 1. The molecule has 0 unspecified atom stereocenters. The van der Waals surface area contributed by atoms with Crippen LogP contribution in [0.25, 0.3) is 34.2 Å². The van der Waals surface area contributed by atoms with Gasteiger partial charge in [0.25, 0.3) is 0 Å². The quantitative estimate of drug-likeness (QED) is 0.592. The van der Waals surface area contributed by atoms with Crippen LogP contribution in [-0.2, 0) is 6.54 Å². The maximum absolute atomic E-state index is 6.01. The van der Waals surface area contributed by atoms with Crippen molar-refractivity contribution < 1.29 is 4.74 Å². The maximum Gasteiger partial charge on any atom is 0.178 e. The lowest BCUT2D eigenvalue weighted by molar-refractivity contribution is 0.307.